The van der Waals surface area contributed by atoms with Gasteiger partial charge in [-0.25, -0.2) is 0 Å². The van der Waals surface area contributed by atoms with E-state index in [0.717, 1.165) is 27.4 Å². The van der Waals surface area contributed by atoms with Crippen molar-refractivity contribution in [1.82, 2.24) is 0 Å². The minimum Gasteiger partial charge on any atom is -0.455 e. The van der Waals surface area contributed by atoms with Gasteiger partial charge in [0.1, 0.15) is 11.2 Å². The van der Waals surface area contributed by atoms with Crippen molar-refractivity contribution in [2.45, 2.75) is 38.9 Å². The molecule has 0 unspecified atom stereocenters. The minimum atomic E-state index is -0.390. The molecule has 0 radical (unpaired) electrons. The van der Waals surface area contributed by atoms with Gasteiger partial charge in [-0.05, 0) is 72.8 Å². The molecule has 0 N–H and O–H groups in total. The molecule has 156 valence electrons. The molecule has 1 saturated heterocycles. The van der Waals surface area contributed by atoms with Gasteiger partial charge in [-0.3, -0.25) is 0 Å². The number of furan rings is 1. The molecule has 0 amide bonds. The lowest BCUT2D eigenvalue weighted by Gasteiger charge is -2.32. The Morgan fingerprint density at radius 1 is 0.625 bits per heavy atom. The van der Waals surface area contributed by atoms with Crippen LogP contribution in [0.15, 0.2) is 71.1 Å². The zero-order chi connectivity index (χ0) is 21.8. The van der Waals surface area contributed by atoms with Crippen molar-refractivity contribution in [2.75, 3.05) is 0 Å². The monoisotopic (exact) mass is 418 g/mol. The Bertz CT molecular complexity index is 1580. The standard InChI is InChI=1S/C28H23BO3/c1-27(2)28(3,4)32-29(31-27)22-15-14-21-24-17(9-7-10-20(22)24)18-12-13-19-16-8-5-6-11-23(16)30-26(19)25(18)21/h5-15H,1-4H3. The highest BCUT2D eigenvalue weighted by Gasteiger charge is 2.52. The fourth-order valence-electron chi connectivity index (χ4n) is 5.32. The molecule has 4 heteroatoms. The van der Waals surface area contributed by atoms with E-state index in [9.17, 15) is 0 Å². The van der Waals surface area contributed by atoms with Crippen LogP contribution in [0, 0.1) is 0 Å². The van der Waals surface area contributed by atoms with Crippen LogP contribution in [0.25, 0.3) is 55.0 Å². The van der Waals surface area contributed by atoms with Gasteiger partial charge in [-0.2, -0.15) is 0 Å². The third-order valence-electron chi connectivity index (χ3n) is 7.69. The van der Waals surface area contributed by atoms with Gasteiger partial charge in [0.05, 0.1) is 11.2 Å². The Hall–Kier alpha value is -3.08. The molecule has 4 aromatic carbocycles. The molecular weight excluding hydrogens is 395 g/mol. The number of fused-ring (bicyclic) bond motifs is 7. The van der Waals surface area contributed by atoms with Crippen molar-refractivity contribution in [3.05, 3.63) is 66.7 Å². The summed E-state index contributed by atoms with van der Waals surface area (Å²) in [4.78, 5) is 0. The topological polar surface area (TPSA) is 31.6 Å². The van der Waals surface area contributed by atoms with E-state index in [1.165, 1.54) is 33.0 Å². The van der Waals surface area contributed by atoms with E-state index in [1.807, 2.05) is 12.1 Å². The lowest BCUT2D eigenvalue weighted by molar-refractivity contribution is 0.00578. The van der Waals surface area contributed by atoms with Gasteiger partial charge < -0.3 is 13.7 Å². The van der Waals surface area contributed by atoms with Crippen LogP contribution in [-0.4, -0.2) is 18.3 Å². The summed E-state index contributed by atoms with van der Waals surface area (Å²) >= 11 is 0. The van der Waals surface area contributed by atoms with Crippen molar-refractivity contribution < 1.29 is 13.7 Å². The molecular formula is C28H23BO3. The number of rotatable bonds is 1. The maximum absolute atomic E-state index is 6.40. The second-order valence-corrected chi connectivity index (χ2v) is 9.98. The van der Waals surface area contributed by atoms with E-state index in [-0.39, 0.29) is 18.3 Å². The highest BCUT2D eigenvalue weighted by molar-refractivity contribution is 6.65. The van der Waals surface area contributed by atoms with Crippen LogP contribution in [0.4, 0.5) is 0 Å². The SMILES string of the molecule is CC1(C)OB(c2ccc3c4c(cccc24)-c2ccc4c(oc5ccccc54)c2-3)OC1(C)C. The fraction of sp³-hybridized carbons (Fsp3) is 0.214. The summed E-state index contributed by atoms with van der Waals surface area (Å²) < 4.78 is 19.2. The Morgan fingerprint density at radius 2 is 1.34 bits per heavy atom. The number of para-hydroxylation sites is 1. The third-order valence-corrected chi connectivity index (χ3v) is 7.69. The van der Waals surface area contributed by atoms with Gasteiger partial charge in [-0.1, -0.05) is 54.6 Å². The minimum absolute atomic E-state index is 0.371. The van der Waals surface area contributed by atoms with E-state index in [2.05, 4.69) is 82.3 Å². The molecule has 7 rings (SSSR count). The van der Waals surface area contributed by atoms with Gasteiger partial charge in [0.25, 0.3) is 0 Å². The lowest BCUT2D eigenvalue weighted by atomic mass is 9.75. The van der Waals surface area contributed by atoms with Gasteiger partial charge in [0, 0.05) is 16.3 Å². The van der Waals surface area contributed by atoms with Crippen LogP contribution in [0.2, 0.25) is 0 Å². The average molecular weight is 418 g/mol. The van der Waals surface area contributed by atoms with Crippen LogP contribution in [0.1, 0.15) is 27.7 Å². The maximum atomic E-state index is 6.40. The zero-order valence-corrected chi connectivity index (χ0v) is 18.7. The first-order valence-corrected chi connectivity index (χ1v) is 11.2. The molecule has 2 heterocycles. The van der Waals surface area contributed by atoms with Crippen LogP contribution >= 0.6 is 0 Å². The number of benzene rings is 4. The van der Waals surface area contributed by atoms with Crippen LogP contribution in [-0.2, 0) is 9.31 Å². The summed E-state index contributed by atoms with van der Waals surface area (Å²) in [6.07, 6.45) is 0. The Balaban J connectivity index is 1.50. The van der Waals surface area contributed by atoms with E-state index in [4.69, 9.17) is 13.7 Å². The summed E-state index contributed by atoms with van der Waals surface area (Å²) in [6, 6.07) is 23.6. The second kappa shape index (κ2) is 5.83. The molecule has 32 heavy (non-hydrogen) atoms. The Labute approximate surface area is 187 Å². The largest absolute Gasteiger partial charge is 0.495 e. The average Bonchev–Trinajstić information content (AvgIpc) is 3.37. The summed E-state index contributed by atoms with van der Waals surface area (Å²) in [5.74, 6) is 0. The van der Waals surface area contributed by atoms with E-state index in [1.54, 1.807) is 0 Å². The quantitative estimate of drug-likeness (QED) is 0.279. The van der Waals surface area contributed by atoms with E-state index < -0.39 is 0 Å². The third kappa shape index (κ3) is 2.19. The Morgan fingerprint density at radius 3 is 2.16 bits per heavy atom. The molecule has 5 aromatic rings. The zero-order valence-electron chi connectivity index (χ0n) is 18.7. The number of hydrogen-bond acceptors (Lipinski definition) is 3. The normalized spacial score (nSPS) is 18.2. The van der Waals surface area contributed by atoms with Gasteiger partial charge in [0.2, 0.25) is 0 Å². The molecule has 1 aliphatic carbocycles. The van der Waals surface area contributed by atoms with E-state index >= 15 is 0 Å². The van der Waals surface area contributed by atoms with Gasteiger partial charge >= 0.3 is 7.12 Å². The van der Waals surface area contributed by atoms with E-state index in [0.29, 0.717) is 0 Å². The molecule has 1 aromatic heterocycles. The van der Waals surface area contributed by atoms with Crippen molar-refractivity contribution in [3.63, 3.8) is 0 Å². The summed E-state index contributed by atoms with van der Waals surface area (Å²) in [7, 11) is -0.390. The first-order valence-electron chi connectivity index (χ1n) is 11.2. The van der Waals surface area contributed by atoms with Crippen molar-refractivity contribution in [3.8, 4) is 22.3 Å². The fourth-order valence-corrected chi connectivity index (χ4v) is 5.32. The number of hydrogen-bond donors (Lipinski definition) is 0. The molecule has 0 saturated carbocycles. The summed E-state index contributed by atoms with van der Waals surface area (Å²) in [6.45, 7) is 8.39. The lowest BCUT2D eigenvalue weighted by Crippen LogP contribution is -2.41. The molecule has 0 spiro atoms. The van der Waals surface area contributed by atoms with Crippen LogP contribution < -0.4 is 5.46 Å². The van der Waals surface area contributed by atoms with Crippen LogP contribution in [0.5, 0.6) is 0 Å². The van der Waals surface area contributed by atoms with Crippen molar-refractivity contribution in [1.29, 1.82) is 0 Å². The smallest absolute Gasteiger partial charge is 0.455 e. The Kier molecular flexibility index (Phi) is 3.37. The summed E-state index contributed by atoms with van der Waals surface area (Å²) in [5, 5.41) is 4.75. The van der Waals surface area contributed by atoms with Crippen LogP contribution in [0.3, 0.4) is 0 Å². The van der Waals surface area contributed by atoms with Gasteiger partial charge in [-0.15, -0.1) is 0 Å². The first kappa shape index (κ1) is 18.5. The first-order chi connectivity index (χ1) is 15.4. The molecule has 2 aliphatic rings. The predicted molar refractivity (Wildman–Crippen MR) is 131 cm³/mol. The van der Waals surface area contributed by atoms with Crippen molar-refractivity contribution in [2.24, 2.45) is 0 Å². The second-order valence-electron chi connectivity index (χ2n) is 9.98. The molecule has 3 nitrogen and oxygen atoms in total. The predicted octanol–water partition coefficient (Wildman–Crippen LogP) is 6.69. The highest BCUT2D eigenvalue weighted by atomic mass is 16.7. The maximum Gasteiger partial charge on any atom is 0.495 e. The molecule has 0 atom stereocenters. The highest BCUT2D eigenvalue weighted by Crippen LogP contribution is 2.51. The molecule has 1 aliphatic heterocycles. The molecule has 1 fully saturated rings. The van der Waals surface area contributed by atoms with Gasteiger partial charge in [0.15, 0.2) is 0 Å². The summed E-state index contributed by atoms with van der Waals surface area (Å²) in [5.41, 5.74) is 7.10. The van der Waals surface area contributed by atoms with Crippen molar-refractivity contribution >= 4 is 45.3 Å². The molecule has 0 bridgehead atoms.